The minimum atomic E-state index is 0.159. The van der Waals surface area contributed by atoms with Crippen LogP contribution >= 0.6 is 0 Å². The number of amides is 1. The van der Waals surface area contributed by atoms with Crippen molar-refractivity contribution in [2.75, 3.05) is 11.9 Å². The third-order valence-corrected chi connectivity index (χ3v) is 4.15. The molecule has 2 rings (SSSR count). The Balaban J connectivity index is 2.05. The number of hydrogen-bond acceptors (Lipinski definition) is 2. The van der Waals surface area contributed by atoms with Gasteiger partial charge in [-0.05, 0) is 25.0 Å². The minimum Gasteiger partial charge on any atom is -0.315 e. The van der Waals surface area contributed by atoms with Gasteiger partial charge >= 0.3 is 0 Å². The molecule has 1 aromatic carbocycles. The van der Waals surface area contributed by atoms with Crippen LogP contribution in [0.5, 0.6) is 0 Å². The number of unbranched alkanes of at least 4 members (excludes halogenated alkanes) is 2. The highest BCUT2D eigenvalue weighted by Gasteiger charge is 2.29. The second-order valence-corrected chi connectivity index (χ2v) is 5.83. The van der Waals surface area contributed by atoms with E-state index in [1.807, 2.05) is 19.2 Å². The highest BCUT2D eigenvalue weighted by atomic mass is 16.2. The number of fused-ring (bicyclic) bond motifs is 1. The van der Waals surface area contributed by atoms with Gasteiger partial charge in [0.15, 0.2) is 0 Å². The van der Waals surface area contributed by atoms with E-state index in [9.17, 15) is 4.79 Å². The number of para-hydroxylation sites is 1. The molecule has 2 atom stereocenters. The Bertz CT molecular complexity index is 458. The topological polar surface area (TPSA) is 32.3 Å². The van der Waals surface area contributed by atoms with Crippen LogP contribution in [-0.4, -0.2) is 19.0 Å². The summed E-state index contributed by atoms with van der Waals surface area (Å²) in [5.41, 5.74) is 2.29. The molecule has 0 saturated heterocycles. The molecular formula is C17H26N2O. The number of nitrogens with one attached hydrogen (secondary N) is 1. The summed E-state index contributed by atoms with van der Waals surface area (Å²) in [5, 5.41) is 3.64. The molecule has 2 unspecified atom stereocenters. The van der Waals surface area contributed by atoms with Crippen molar-refractivity contribution in [1.29, 1.82) is 0 Å². The molecule has 110 valence electrons. The molecule has 1 amide bonds. The normalized spacial score (nSPS) is 19.9. The number of rotatable bonds is 6. The van der Waals surface area contributed by atoms with Crippen LogP contribution in [0.4, 0.5) is 5.69 Å². The first-order valence-electron chi connectivity index (χ1n) is 7.75. The molecule has 3 heteroatoms. The van der Waals surface area contributed by atoms with E-state index in [2.05, 4.69) is 31.3 Å². The fraction of sp³-hybridized carbons (Fsp3) is 0.588. The lowest BCUT2D eigenvalue weighted by molar-refractivity contribution is -0.119. The summed E-state index contributed by atoms with van der Waals surface area (Å²) in [6.45, 7) is 4.45. The van der Waals surface area contributed by atoms with Crippen LogP contribution in [0, 0.1) is 0 Å². The highest BCUT2D eigenvalue weighted by molar-refractivity contribution is 5.96. The summed E-state index contributed by atoms with van der Waals surface area (Å²) in [5.74, 6) is 0.196. The zero-order chi connectivity index (χ0) is 14.5. The first-order chi connectivity index (χ1) is 9.63. The molecule has 0 spiro atoms. The number of nitrogens with zero attached hydrogens (tertiary/aromatic N) is 1. The van der Waals surface area contributed by atoms with Gasteiger partial charge in [0.25, 0.3) is 0 Å². The molecule has 20 heavy (non-hydrogen) atoms. The van der Waals surface area contributed by atoms with E-state index in [4.69, 9.17) is 0 Å². The van der Waals surface area contributed by atoms with Crippen molar-refractivity contribution >= 4 is 11.6 Å². The number of anilines is 1. The monoisotopic (exact) mass is 274 g/mol. The molecule has 1 heterocycles. The smallest absolute Gasteiger partial charge is 0.228 e. The zero-order valence-electron chi connectivity index (χ0n) is 12.9. The van der Waals surface area contributed by atoms with Crippen molar-refractivity contribution in [2.45, 2.75) is 58.0 Å². The maximum Gasteiger partial charge on any atom is 0.228 e. The average Bonchev–Trinajstić information content (AvgIpc) is 2.45. The lowest BCUT2D eigenvalue weighted by Gasteiger charge is -2.33. The predicted molar refractivity (Wildman–Crippen MR) is 83.9 cm³/mol. The second kappa shape index (κ2) is 6.89. The van der Waals surface area contributed by atoms with E-state index >= 15 is 0 Å². The Morgan fingerprint density at radius 2 is 2.10 bits per heavy atom. The number of carbonyl (C=O) groups excluding carboxylic acids is 1. The lowest BCUT2D eigenvalue weighted by atomic mass is 9.95. The Morgan fingerprint density at radius 3 is 2.85 bits per heavy atom. The van der Waals surface area contributed by atoms with E-state index in [-0.39, 0.29) is 11.9 Å². The molecular weight excluding hydrogens is 248 g/mol. The summed E-state index contributed by atoms with van der Waals surface area (Å²) in [6.07, 6.45) is 5.53. The summed E-state index contributed by atoms with van der Waals surface area (Å²) in [4.78, 5) is 13.9. The van der Waals surface area contributed by atoms with Gasteiger partial charge in [0, 0.05) is 31.2 Å². The quantitative estimate of drug-likeness (QED) is 0.803. The van der Waals surface area contributed by atoms with Crippen LogP contribution in [-0.2, 0) is 4.79 Å². The van der Waals surface area contributed by atoms with Gasteiger partial charge < -0.3 is 10.2 Å². The average molecular weight is 274 g/mol. The fourth-order valence-electron chi connectivity index (χ4n) is 2.92. The number of benzene rings is 1. The largest absolute Gasteiger partial charge is 0.315 e. The van der Waals surface area contributed by atoms with Gasteiger partial charge in [-0.25, -0.2) is 0 Å². The van der Waals surface area contributed by atoms with Crippen LogP contribution < -0.4 is 10.2 Å². The van der Waals surface area contributed by atoms with Crippen LogP contribution in [0.15, 0.2) is 24.3 Å². The van der Waals surface area contributed by atoms with Crippen molar-refractivity contribution in [3.05, 3.63) is 29.8 Å². The fourth-order valence-corrected chi connectivity index (χ4v) is 2.92. The molecule has 1 N–H and O–H groups in total. The Hall–Kier alpha value is -1.35. The van der Waals surface area contributed by atoms with Crippen LogP contribution in [0.25, 0.3) is 0 Å². The van der Waals surface area contributed by atoms with Crippen molar-refractivity contribution in [3.63, 3.8) is 0 Å². The van der Waals surface area contributed by atoms with E-state index in [0.29, 0.717) is 12.5 Å². The minimum absolute atomic E-state index is 0.159. The van der Waals surface area contributed by atoms with E-state index < -0.39 is 0 Å². The van der Waals surface area contributed by atoms with Crippen molar-refractivity contribution < 1.29 is 4.79 Å². The van der Waals surface area contributed by atoms with Crippen molar-refractivity contribution in [3.8, 4) is 0 Å². The third-order valence-electron chi connectivity index (χ3n) is 4.15. The highest BCUT2D eigenvalue weighted by Crippen LogP contribution is 2.33. The van der Waals surface area contributed by atoms with Gasteiger partial charge in [-0.15, -0.1) is 0 Å². The van der Waals surface area contributed by atoms with Crippen LogP contribution in [0.2, 0.25) is 0 Å². The Morgan fingerprint density at radius 1 is 1.35 bits per heavy atom. The van der Waals surface area contributed by atoms with Crippen LogP contribution in [0.3, 0.4) is 0 Å². The van der Waals surface area contributed by atoms with E-state index in [1.54, 1.807) is 4.90 Å². The molecule has 0 saturated carbocycles. The molecule has 0 aliphatic carbocycles. The van der Waals surface area contributed by atoms with Gasteiger partial charge in [0.1, 0.15) is 0 Å². The third kappa shape index (κ3) is 3.40. The molecule has 3 nitrogen and oxygen atoms in total. The van der Waals surface area contributed by atoms with Crippen molar-refractivity contribution in [1.82, 2.24) is 5.32 Å². The molecule has 1 aliphatic heterocycles. The molecule has 0 bridgehead atoms. The van der Waals surface area contributed by atoms with Gasteiger partial charge in [-0.2, -0.15) is 0 Å². The van der Waals surface area contributed by atoms with E-state index in [1.165, 1.54) is 31.2 Å². The number of hydrogen-bond donors (Lipinski definition) is 1. The van der Waals surface area contributed by atoms with Gasteiger partial charge in [0.05, 0.1) is 0 Å². The molecule has 0 aromatic heterocycles. The Kier molecular flexibility index (Phi) is 5.18. The molecule has 1 aliphatic rings. The Labute approximate surface area is 122 Å². The van der Waals surface area contributed by atoms with Gasteiger partial charge in [-0.1, -0.05) is 44.4 Å². The maximum atomic E-state index is 12.1. The first-order valence-corrected chi connectivity index (χ1v) is 7.75. The summed E-state index contributed by atoms with van der Waals surface area (Å²) in [6, 6.07) is 8.83. The zero-order valence-corrected chi connectivity index (χ0v) is 12.9. The first kappa shape index (κ1) is 15.0. The SMILES string of the molecule is CCCCCC(C)NC1CC(=O)N(C)c2ccccc21. The van der Waals surface area contributed by atoms with Gasteiger partial charge in [-0.3, -0.25) is 4.79 Å². The van der Waals surface area contributed by atoms with Crippen LogP contribution in [0.1, 0.15) is 57.6 Å². The van der Waals surface area contributed by atoms with E-state index in [0.717, 1.165) is 5.69 Å². The predicted octanol–water partition coefficient (Wildman–Crippen LogP) is 3.65. The van der Waals surface area contributed by atoms with Crippen molar-refractivity contribution in [2.24, 2.45) is 0 Å². The summed E-state index contributed by atoms with van der Waals surface area (Å²) >= 11 is 0. The molecule has 0 radical (unpaired) electrons. The molecule has 0 fully saturated rings. The lowest BCUT2D eigenvalue weighted by Crippen LogP contribution is -2.40. The molecule has 1 aromatic rings. The number of carbonyl (C=O) groups is 1. The standard InChI is InChI=1S/C17H26N2O/c1-4-5-6-9-13(2)18-15-12-17(20)19(3)16-11-8-7-10-14(15)16/h7-8,10-11,13,15,18H,4-6,9,12H2,1-3H3. The summed E-state index contributed by atoms with van der Waals surface area (Å²) < 4.78 is 0. The van der Waals surface area contributed by atoms with Gasteiger partial charge in [0.2, 0.25) is 5.91 Å². The summed E-state index contributed by atoms with van der Waals surface area (Å²) in [7, 11) is 1.86. The maximum absolute atomic E-state index is 12.1. The second-order valence-electron chi connectivity index (χ2n) is 5.83.